The van der Waals surface area contributed by atoms with Crippen molar-refractivity contribution in [3.8, 4) is 5.88 Å². The van der Waals surface area contributed by atoms with Gasteiger partial charge in [0, 0.05) is 23.9 Å². The van der Waals surface area contributed by atoms with Crippen LogP contribution >= 0.6 is 23.2 Å². The summed E-state index contributed by atoms with van der Waals surface area (Å²) in [6.07, 6.45) is 0.882. The van der Waals surface area contributed by atoms with Crippen molar-refractivity contribution in [1.29, 1.82) is 0 Å². The number of rotatable bonds is 3. The van der Waals surface area contributed by atoms with Gasteiger partial charge >= 0.3 is 6.09 Å². The molecule has 27 heavy (non-hydrogen) atoms. The quantitative estimate of drug-likeness (QED) is 0.790. The van der Waals surface area contributed by atoms with Crippen LogP contribution in [0.15, 0.2) is 35.5 Å². The van der Waals surface area contributed by atoms with Crippen LogP contribution in [0, 0.1) is 5.82 Å². The molecule has 1 aromatic carbocycles. The molecule has 10 heteroatoms. The predicted octanol–water partition coefficient (Wildman–Crippen LogP) is 4.09. The third-order valence-corrected chi connectivity index (χ3v) is 4.43. The van der Waals surface area contributed by atoms with Crippen molar-refractivity contribution in [3.05, 3.63) is 51.9 Å². The Hall–Kier alpha value is -2.58. The van der Waals surface area contributed by atoms with Crippen LogP contribution in [-0.2, 0) is 10.3 Å². The van der Waals surface area contributed by atoms with Crippen molar-refractivity contribution < 1.29 is 18.7 Å². The highest BCUT2D eigenvalue weighted by atomic mass is 35.5. The SMILES string of the molecule is C[C@@]1(c2cc(NC(=O)Oc3ncc(Cl)cc3Cl)ccc2F)CCOC(N)=N1. The van der Waals surface area contributed by atoms with Gasteiger partial charge in [0.25, 0.3) is 6.02 Å². The van der Waals surface area contributed by atoms with E-state index in [-0.39, 0.29) is 22.5 Å². The van der Waals surface area contributed by atoms with Gasteiger partial charge in [-0.2, -0.15) is 0 Å². The van der Waals surface area contributed by atoms with Gasteiger partial charge in [0.05, 0.1) is 17.2 Å². The number of amidine groups is 1. The van der Waals surface area contributed by atoms with Crippen LogP contribution in [0.25, 0.3) is 0 Å². The summed E-state index contributed by atoms with van der Waals surface area (Å²) in [5.41, 5.74) is 5.29. The number of ether oxygens (including phenoxy) is 2. The van der Waals surface area contributed by atoms with E-state index in [0.717, 1.165) is 0 Å². The van der Waals surface area contributed by atoms with E-state index >= 15 is 0 Å². The summed E-state index contributed by atoms with van der Waals surface area (Å²) < 4.78 is 24.5. The molecule has 3 rings (SSSR count). The number of aromatic nitrogens is 1. The van der Waals surface area contributed by atoms with Crippen LogP contribution in [-0.4, -0.2) is 23.7 Å². The number of nitrogens with two attached hydrogens (primary N) is 1. The number of carbonyl (C=O) groups is 1. The smallest absolute Gasteiger partial charge is 0.418 e. The zero-order chi connectivity index (χ0) is 19.6. The lowest BCUT2D eigenvalue weighted by Crippen LogP contribution is -2.34. The Morgan fingerprint density at radius 1 is 1.41 bits per heavy atom. The summed E-state index contributed by atoms with van der Waals surface area (Å²) in [6, 6.07) is 5.47. The summed E-state index contributed by atoms with van der Waals surface area (Å²) in [7, 11) is 0. The molecule has 0 saturated carbocycles. The van der Waals surface area contributed by atoms with Crippen molar-refractivity contribution in [2.75, 3.05) is 11.9 Å². The predicted molar refractivity (Wildman–Crippen MR) is 99.8 cm³/mol. The molecule has 1 amide bonds. The fourth-order valence-electron chi connectivity index (χ4n) is 2.60. The molecule has 0 spiro atoms. The van der Waals surface area contributed by atoms with Crippen LogP contribution in [0.4, 0.5) is 14.9 Å². The number of hydrogen-bond donors (Lipinski definition) is 2. The zero-order valence-electron chi connectivity index (χ0n) is 14.1. The van der Waals surface area contributed by atoms with E-state index in [1.807, 2.05) is 0 Å². The van der Waals surface area contributed by atoms with Gasteiger partial charge in [-0.25, -0.2) is 19.2 Å². The van der Waals surface area contributed by atoms with E-state index in [1.54, 1.807) is 6.92 Å². The molecule has 142 valence electrons. The lowest BCUT2D eigenvalue weighted by atomic mass is 9.88. The Morgan fingerprint density at radius 2 is 2.19 bits per heavy atom. The number of hydrogen-bond acceptors (Lipinski definition) is 6. The topological polar surface area (TPSA) is 98.8 Å². The number of nitrogens with one attached hydrogen (secondary N) is 1. The number of pyridine rings is 1. The summed E-state index contributed by atoms with van der Waals surface area (Å²) in [5, 5.41) is 2.88. The summed E-state index contributed by atoms with van der Waals surface area (Å²) >= 11 is 11.7. The van der Waals surface area contributed by atoms with Crippen LogP contribution < -0.4 is 15.8 Å². The second kappa shape index (κ2) is 7.58. The third kappa shape index (κ3) is 4.40. The van der Waals surface area contributed by atoms with E-state index in [9.17, 15) is 9.18 Å². The maximum Gasteiger partial charge on any atom is 0.418 e. The highest BCUT2D eigenvalue weighted by Crippen LogP contribution is 2.35. The molecule has 0 fully saturated rings. The van der Waals surface area contributed by atoms with E-state index in [2.05, 4.69) is 15.3 Å². The Kier molecular flexibility index (Phi) is 5.38. The molecule has 1 aliphatic rings. The molecule has 2 heterocycles. The normalized spacial score (nSPS) is 19.0. The molecule has 0 unspecified atom stereocenters. The minimum absolute atomic E-state index is 0.00984. The summed E-state index contributed by atoms with van der Waals surface area (Å²) in [6.45, 7) is 2.05. The molecule has 1 atom stereocenters. The van der Waals surface area contributed by atoms with Gasteiger partial charge in [-0.1, -0.05) is 23.2 Å². The number of halogens is 3. The number of amides is 1. The molecule has 1 aliphatic heterocycles. The third-order valence-electron chi connectivity index (χ3n) is 3.95. The molecule has 0 aliphatic carbocycles. The lowest BCUT2D eigenvalue weighted by molar-refractivity contribution is 0.212. The van der Waals surface area contributed by atoms with E-state index in [1.165, 1.54) is 30.5 Å². The summed E-state index contributed by atoms with van der Waals surface area (Å²) in [5.74, 6) is -0.577. The molecule has 2 aromatic rings. The Balaban J connectivity index is 1.80. The van der Waals surface area contributed by atoms with Crippen LogP contribution in [0.2, 0.25) is 10.0 Å². The van der Waals surface area contributed by atoms with Crippen LogP contribution in [0.5, 0.6) is 5.88 Å². The largest absolute Gasteiger partial charge is 0.465 e. The molecule has 0 bridgehead atoms. The fourth-order valence-corrected chi connectivity index (χ4v) is 3.02. The van der Waals surface area contributed by atoms with Crippen molar-refractivity contribution in [2.24, 2.45) is 10.7 Å². The molecule has 3 N–H and O–H groups in total. The van der Waals surface area contributed by atoms with Gasteiger partial charge in [-0.05, 0) is 31.2 Å². The zero-order valence-corrected chi connectivity index (χ0v) is 15.6. The fraction of sp³-hybridized carbons (Fsp3) is 0.235. The Bertz CT molecular complexity index is 925. The van der Waals surface area contributed by atoms with E-state index in [4.69, 9.17) is 38.4 Å². The first kappa shape index (κ1) is 19.2. The van der Waals surface area contributed by atoms with Gasteiger partial charge in [0.15, 0.2) is 0 Å². The lowest BCUT2D eigenvalue weighted by Gasteiger charge is -2.30. The molecule has 0 radical (unpaired) electrons. The standard InChI is InChI=1S/C17H15Cl2FN4O3/c1-17(4-5-26-15(21)24-17)11-7-10(2-3-13(11)20)23-16(25)27-14-12(19)6-9(18)8-22-14/h2-3,6-8H,4-5H2,1H3,(H2,21,24)(H,23,25)/t17-/m0/s1. The second-order valence-corrected chi connectivity index (χ2v) is 6.82. The van der Waals surface area contributed by atoms with Crippen molar-refractivity contribution in [3.63, 3.8) is 0 Å². The maximum absolute atomic E-state index is 14.4. The highest BCUT2D eigenvalue weighted by Gasteiger charge is 2.33. The maximum atomic E-state index is 14.4. The van der Waals surface area contributed by atoms with Gasteiger partial charge < -0.3 is 15.2 Å². The number of anilines is 1. The van der Waals surface area contributed by atoms with Gasteiger partial charge in [0.2, 0.25) is 5.88 Å². The van der Waals surface area contributed by atoms with Gasteiger partial charge in [-0.15, -0.1) is 0 Å². The highest BCUT2D eigenvalue weighted by molar-refractivity contribution is 6.35. The van der Waals surface area contributed by atoms with Crippen LogP contribution in [0.1, 0.15) is 18.9 Å². The monoisotopic (exact) mass is 412 g/mol. The second-order valence-electron chi connectivity index (χ2n) is 5.97. The average Bonchev–Trinajstić information content (AvgIpc) is 2.59. The molecule has 7 nitrogen and oxygen atoms in total. The van der Waals surface area contributed by atoms with E-state index < -0.39 is 17.4 Å². The van der Waals surface area contributed by atoms with Crippen molar-refractivity contribution >= 4 is 41.0 Å². The van der Waals surface area contributed by atoms with Crippen molar-refractivity contribution in [1.82, 2.24) is 4.98 Å². The first-order chi connectivity index (χ1) is 12.8. The number of carbonyl (C=O) groups excluding carboxylic acids is 1. The molecular formula is C17H15Cl2FN4O3. The number of aliphatic imine (C=N–C) groups is 1. The summed E-state index contributed by atoms with van der Waals surface area (Å²) in [4.78, 5) is 20.1. The first-order valence-electron chi connectivity index (χ1n) is 7.85. The Morgan fingerprint density at radius 3 is 2.89 bits per heavy atom. The van der Waals surface area contributed by atoms with Crippen LogP contribution in [0.3, 0.4) is 0 Å². The number of nitrogens with zero attached hydrogens (tertiary/aromatic N) is 2. The molecule has 0 saturated heterocycles. The number of benzene rings is 1. The molecule has 1 aromatic heterocycles. The van der Waals surface area contributed by atoms with Crippen molar-refractivity contribution in [2.45, 2.75) is 18.9 Å². The van der Waals surface area contributed by atoms with Gasteiger partial charge in [0.1, 0.15) is 10.8 Å². The van der Waals surface area contributed by atoms with Gasteiger partial charge in [-0.3, -0.25) is 5.32 Å². The van der Waals surface area contributed by atoms with E-state index in [0.29, 0.717) is 23.7 Å². The minimum atomic E-state index is -0.908. The minimum Gasteiger partial charge on any atom is -0.465 e. The Labute approximate surface area is 164 Å². The first-order valence-corrected chi connectivity index (χ1v) is 8.60. The average molecular weight is 413 g/mol. The molecular weight excluding hydrogens is 398 g/mol.